The highest BCUT2D eigenvalue weighted by Gasteiger charge is 2.43. The highest BCUT2D eigenvalue weighted by atomic mass is 31.2. The minimum Gasteiger partial charge on any atom is -0.468 e. The second-order valence-corrected chi connectivity index (χ2v) is 10.4. The SMILES string of the molecule is COC(=O)[C@H](CC(C)C)N1CCCO[P@@]1(=O)CO[C@H](C)Cn1cnc2c(N)ncnc21. The van der Waals surface area contributed by atoms with Crippen molar-refractivity contribution in [3.05, 3.63) is 12.7 Å². The Morgan fingerprint density at radius 1 is 1.32 bits per heavy atom. The number of carbonyl (C=O) groups is 1. The van der Waals surface area contributed by atoms with Crippen molar-refractivity contribution >= 4 is 30.5 Å². The molecule has 0 aromatic carbocycles. The molecule has 0 bridgehead atoms. The average Bonchev–Trinajstić information content (AvgIpc) is 3.14. The highest BCUT2D eigenvalue weighted by molar-refractivity contribution is 7.56. The third-order valence-electron chi connectivity index (χ3n) is 5.15. The molecule has 0 aliphatic carbocycles. The maximum absolute atomic E-state index is 13.7. The molecule has 2 aromatic rings. The van der Waals surface area contributed by atoms with Crippen LogP contribution in [0.3, 0.4) is 0 Å². The molecule has 3 atom stereocenters. The molecular weight excluding hydrogens is 423 g/mol. The number of carbonyl (C=O) groups excluding carboxylic acids is 1. The van der Waals surface area contributed by atoms with Gasteiger partial charge in [-0.2, -0.15) is 0 Å². The molecule has 0 unspecified atom stereocenters. The van der Waals surface area contributed by atoms with Crippen molar-refractivity contribution in [2.45, 2.75) is 52.3 Å². The van der Waals surface area contributed by atoms with E-state index in [1.807, 2.05) is 25.3 Å². The number of rotatable bonds is 9. The molecule has 0 saturated carbocycles. The van der Waals surface area contributed by atoms with Crippen molar-refractivity contribution in [2.24, 2.45) is 5.92 Å². The van der Waals surface area contributed by atoms with E-state index >= 15 is 0 Å². The first-order valence-corrected chi connectivity index (χ1v) is 12.1. The number of aromatic nitrogens is 4. The molecule has 1 saturated heterocycles. The zero-order valence-corrected chi connectivity index (χ0v) is 19.3. The molecular formula is C19H31N6O5P. The lowest BCUT2D eigenvalue weighted by atomic mass is 10.0. The molecule has 31 heavy (non-hydrogen) atoms. The Balaban J connectivity index is 1.70. The molecule has 11 nitrogen and oxygen atoms in total. The van der Waals surface area contributed by atoms with Crippen LogP contribution in [0.4, 0.5) is 5.82 Å². The van der Waals surface area contributed by atoms with Gasteiger partial charge < -0.3 is 24.3 Å². The maximum atomic E-state index is 13.7. The smallest absolute Gasteiger partial charge is 0.323 e. The van der Waals surface area contributed by atoms with E-state index in [4.69, 9.17) is 19.7 Å². The van der Waals surface area contributed by atoms with E-state index in [2.05, 4.69) is 15.0 Å². The summed E-state index contributed by atoms with van der Waals surface area (Å²) in [6.45, 7) is 7.17. The lowest BCUT2D eigenvalue weighted by Gasteiger charge is -2.39. The number of imidazole rings is 1. The van der Waals surface area contributed by atoms with Gasteiger partial charge in [0, 0.05) is 6.54 Å². The number of esters is 1. The minimum atomic E-state index is -3.36. The first-order chi connectivity index (χ1) is 14.7. The number of nitrogens with zero attached hydrogens (tertiary/aromatic N) is 5. The van der Waals surface area contributed by atoms with Gasteiger partial charge in [0.1, 0.15) is 24.2 Å². The predicted octanol–water partition coefficient (Wildman–Crippen LogP) is 2.27. The fourth-order valence-electron chi connectivity index (χ4n) is 3.65. The number of nitrogen functional groups attached to an aromatic ring is 1. The second-order valence-electron chi connectivity index (χ2n) is 8.09. The van der Waals surface area contributed by atoms with Crippen LogP contribution >= 0.6 is 7.52 Å². The van der Waals surface area contributed by atoms with Crippen LogP contribution in [0, 0.1) is 5.92 Å². The molecule has 2 aromatic heterocycles. The number of methoxy groups -OCH3 is 1. The number of nitrogens with two attached hydrogens (primary N) is 1. The molecule has 0 amide bonds. The van der Waals surface area contributed by atoms with Gasteiger partial charge in [0.25, 0.3) is 7.52 Å². The van der Waals surface area contributed by atoms with Crippen LogP contribution in [0.15, 0.2) is 12.7 Å². The van der Waals surface area contributed by atoms with Crippen molar-refractivity contribution in [3.8, 4) is 0 Å². The number of hydrogen-bond acceptors (Lipinski definition) is 9. The van der Waals surface area contributed by atoms with E-state index in [9.17, 15) is 9.36 Å². The van der Waals surface area contributed by atoms with E-state index in [1.165, 1.54) is 13.4 Å². The van der Waals surface area contributed by atoms with Gasteiger partial charge in [-0.15, -0.1) is 0 Å². The fourth-order valence-corrected chi connectivity index (χ4v) is 5.93. The van der Waals surface area contributed by atoms with E-state index in [0.717, 1.165) is 0 Å². The summed E-state index contributed by atoms with van der Waals surface area (Å²) in [5.41, 5.74) is 6.96. The summed E-state index contributed by atoms with van der Waals surface area (Å²) in [5.74, 6) is 0.130. The van der Waals surface area contributed by atoms with Crippen LogP contribution in [-0.2, 0) is 29.9 Å². The number of anilines is 1. The third-order valence-corrected chi connectivity index (χ3v) is 7.47. The summed E-state index contributed by atoms with van der Waals surface area (Å²) in [7, 11) is -2.02. The van der Waals surface area contributed by atoms with Gasteiger partial charge in [-0.05, 0) is 25.7 Å². The molecule has 1 aliphatic rings. The van der Waals surface area contributed by atoms with Gasteiger partial charge >= 0.3 is 5.97 Å². The molecule has 3 heterocycles. The Morgan fingerprint density at radius 2 is 2.10 bits per heavy atom. The van der Waals surface area contributed by atoms with Gasteiger partial charge in [0.2, 0.25) is 0 Å². The number of hydrogen-bond donors (Lipinski definition) is 1. The lowest BCUT2D eigenvalue weighted by molar-refractivity contribution is -0.146. The standard InChI is InChI=1S/C19H31N6O5P/c1-13(2)8-15(19(26)28-4)25-6-5-7-30-31(25,27)12-29-14(3)9-24-11-23-16-17(20)21-10-22-18(16)24/h10-11,13-15H,5-9,12H2,1-4H3,(H2,20,21,22)/t14-,15+,31+/m1/s1. The summed E-state index contributed by atoms with van der Waals surface area (Å²) in [6.07, 6.45) is 3.79. The van der Waals surface area contributed by atoms with Gasteiger partial charge in [0.05, 0.1) is 32.7 Å². The summed E-state index contributed by atoms with van der Waals surface area (Å²) >= 11 is 0. The molecule has 172 valence electrons. The zero-order valence-electron chi connectivity index (χ0n) is 18.4. The summed E-state index contributed by atoms with van der Waals surface area (Å²) < 4.78 is 33.7. The van der Waals surface area contributed by atoms with E-state index in [-0.39, 0.29) is 18.4 Å². The summed E-state index contributed by atoms with van der Waals surface area (Å²) in [4.78, 5) is 24.8. The van der Waals surface area contributed by atoms with Gasteiger partial charge in [-0.25, -0.2) is 19.6 Å². The Morgan fingerprint density at radius 3 is 2.81 bits per heavy atom. The van der Waals surface area contributed by atoms with E-state index < -0.39 is 19.5 Å². The van der Waals surface area contributed by atoms with Crippen molar-refractivity contribution in [3.63, 3.8) is 0 Å². The van der Waals surface area contributed by atoms with Crippen molar-refractivity contribution in [1.82, 2.24) is 24.2 Å². The van der Waals surface area contributed by atoms with E-state index in [0.29, 0.717) is 49.5 Å². The van der Waals surface area contributed by atoms with Crippen LogP contribution in [0.5, 0.6) is 0 Å². The molecule has 3 rings (SSSR count). The van der Waals surface area contributed by atoms with Gasteiger partial charge in [0.15, 0.2) is 11.5 Å². The Bertz CT molecular complexity index is 951. The quantitative estimate of drug-likeness (QED) is 0.444. The Labute approximate surface area is 181 Å². The largest absolute Gasteiger partial charge is 0.468 e. The third kappa shape index (κ3) is 5.41. The number of ether oxygens (including phenoxy) is 2. The van der Waals surface area contributed by atoms with Crippen LogP contribution in [0.2, 0.25) is 0 Å². The van der Waals surface area contributed by atoms with E-state index in [1.54, 1.807) is 11.0 Å². The van der Waals surface area contributed by atoms with Crippen LogP contribution in [0.25, 0.3) is 11.2 Å². The molecule has 0 spiro atoms. The fraction of sp³-hybridized carbons (Fsp3) is 0.684. The topological polar surface area (TPSA) is 135 Å². The van der Waals surface area contributed by atoms with Crippen molar-refractivity contribution in [2.75, 3.05) is 32.3 Å². The summed E-state index contributed by atoms with van der Waals surface area (Å²) in [6, 6.07) is -0.632. The van der Waals surface area contributed by atoms with Crippen LogP contribution in [-0.4, -0.2) is 68.9 Å². The minimum absolute atomic E-state index is 0.122. The van der Waals surface area contributed by atoms with Crippen molar-refractivity contribution < 1.29 is 23.4 Å². The Hall–Kier alpha value is -2.07. The highest BCUT2D eigenvalue weighted by Crippen LogP contribution is 2.55. The molecule has 12 heteroatoms. The monoisotopic (exact) mass is 454 g/mol. The molecule has 0 radical (unpaired) electrons. The molecule has 1 fully saturated rings. The normalized spacial score (nSPS) is 22.0. The van der Waals surface area contributed by atoms with Crippen molar-refractivity contribution in [1.29, 1.82) is 0 Å². The molecule has 2 N–H and O–H groups in total. The molecule has 1 aliphatic heterocycles. The predicted molar refractivity (Wildman–Crippen MR) is 115 cm³/mol. The van der Waals surface area contributed by atoms with Gasteiger partial charge in [-0.3, -0.25) is 9.36 Å². The second kappa shape index (κ2) is 10.0. The van der Waals surface area contributed by atoms with Crippen LogP contribution < -0.4 is 5.73 Å². The number of fused-ring (bicyclic) bond motifs is 1. The first-order valence-electron chi connectivity index (χ1n) is 10.4. The average molecular weight is 454 g/mol. The maximum Gasteiger partial charge on any atom is 0.323 e. The van der Waals surface area contributed by atoms with Gasteiger partial charge in [-0.1, -0.05) is 13.8 Å². The summed E-state index contributed by atoms with van der Waals surface area (Å²) in [5, 5.41) is 0. The lowest BCUT2D eigenvalue weighted by Crippen LogP contribution is -2.44. The zero-order chi connectivity index (χ0) is 22.6. The van der Waals surface area contributed by atoms with Crippen LogP contribution in [0.1, 0.15) is 33.6 Å². The first kappa shape index (κ1) is 23.6. The Kier molecular flexibility index (Phi) is 7.64.